The van der Waals surface area contributed by atoms with Gasteiger partial charge < -0.3 is 15.4 Å². The number of ether oxygens (including phenoxy) is 1. The van der Waals surface area contributed by atoms with Gasteiger partial charge in [-0.05, 0) is 25.3 Å². The number of aromatic nitrogens is 1. The zero-order valence-electron chi connectivity index (χ0n) is 11.6. The Morgan fingerprint density at radius 1 is 1.58 bits per heavy atom. The van der Waals surface area contributed by atoms with Crippen LogP contribution in [0.2, 0.25) is 0 Å². The number of nitrogens with zero attached hydrogens (tertiary/aromatic N) is 2. The molecule has 2 heterocycles. The molecule has 5 nitrogen and oxygen atoms in total. The van der Waals surface area contributed by atoms with Crippen LogP contribution in [0.4, 0.5) is 11.5 Å². The smallest absolute Gasteiger partial charge is 0.340 e. The molecule has 19 heavy (non-hydrogen) atoms. The van der Waals surface area contributed by atoms with Gasteiger partial charge in [-0.3, -0.25) is 0 Å². The van der Waals surface area contributed by atoms with Crippen LogP contribution in [0, 0.1) is 5.92 Å². The van der Waals surface area contributed by atoms with Crippen molar-refractivity contribution in [1.29, 1.82) is 0 Å². The number of pyridine rings is 1. The number of carbonyl (C=O) groups excluding carboxylic acids is 1. The molecule has 1 aromatic heterocycles. The molecule has 0 bridgehead atoms. The third kappa shape index (κ3) is 2.97. The normalized spacial score (nSPS) is 18.6. The number of hydrogen-bond donors (Lipinski definition) is 1. The van der Waals surface area contributed by atoms with Crippen LogP contribution in [0.15, 0.2) is 12.3 Å². The zero-order valence-corrected chi connectivity index (χ0v) is 11.6. The molecule has 0 aromatic carbocycles. The Balaban J connectivity index is 2.19. The third-order valence-electron chi connectivity index (χ3n) is 3.60. The molecule has 0 aliphatic carbocycles. The van der Waals surface area contributed by atoms with Gasteiger partial charge in [0.25, 0.3) is 0 Å². The SMILES string of the molecule is CCOC(=O)c1cc(N2CCC(CC)C2)ncc1N. The number of carbonyl (C=O) groups is 1. The number of rotatable bonds is 4. The van der Waals surface area contributed by atoms with E-state index in [4.69, 9.17) is 10.5 Å². The molecule has 2 N–H and O–H groups in total. The molecule has 0 radical (unpaired) electrons. The number of nitrogens with two attached hydrogens (primary N) is 1. The lowest BCUT2D eigenvalue weighted by molar-refractivity contribution is 0.0527. The molecular weight excluding hydrogens is 242 g/mol. The van der Waals surface area contributed by atoms with Crippen LogP contribution in [-0.4, -0.2) is 30.6 Å². The summed E-state index contributed by atoms with van der Waals surface area (Å²) in [5, 5.41) is 0. The van der Waals surface area contributed by atoms with E-state index in [0.29, 0.717) is 23.8 Å². The molecule has 1 saturated heterocycles. The highest BCUT2D eigenvalue weighted by atomic mass is 16.5. The van der Waals surface area contributed by atoms with E-state index in [1.807, 2.05) is 0 Å². The van der Waals surface area contributed by atoms with Gasteiger partial charge in [0.05, 0.1) is 24.1 Å². The summed E-state index contributed by atoms with van der Waals surface area (Å²) in [7, 11) is 0. The van der Waals surface area contributed by atoms with Crippen molar-refractivity contribution >= 4 is 17.5 Å². The van der Waals surface area contributed by atoms with Gasteiger partial charge >= 0.3 is 5.97 Å². The van der Waals surface area contributed by atoms with Crippen LogP contribution >= 0.6 is 0 Å². The number of hydrogen-bond acceptors (Lipinski definition) is 5. The summed E-state index contributed by atoms with van der Waals surface area (Å²) in [4.78, 5) is 18.3. The fourth-order valence-electron chi connectivity index (χ4n) is 2.39. The quantitative estimate of drug-likeness (QED) is 0.842. The summed E-state index contributed by atoms with van der Waals surface area (Å²) in [5.41, 5.74) is 6.57. The van der Waals surface area contributed by atoms with Crippen molar-refractivity contribution in [3.8, 4) is 0 Å². The highest BCUT2D eigenvalue weighted by Gasteiger charge is 2.23. The van der Waals surface area contributed by atoms with Crippen molar-refractivity contribution in [2.75, 3.05) is 30.3 Å². The predicted molar refractivity (Wildman–Crippen MR) is 75.2 cm³/mol. The van der Waals surface area contributed by atoms with E-state index in [1.165, 1.54) is 12.8 Å². The highest BCUT2D eigenvalue weighted by Crippen LogP contribution is 2.26. The molecule has 104 valence electrons. The Morgan fingerprint density at radius 2 is 2.37 bits per heavy atom. The summed E-state index contributed by atoms with van der Waals surface area (Å²) >= 11 is 0. The van der Waals surface area contributed by atoms with Crippen LogP contribution < -0.4 is 10.6 Å². The van der Waals surface area contributed by atoms with Gasteiger partial charge in [0.2, 0.25) is 0 Å². The Labute approximate surface area is 113 Å². The van der Waals surface area contributed by atoms with Crippen LogP contribution in [0.25, 0.3) is 0 Å². The lowest BCUT2D eigenvalue weighted by Crippen LogP contribution is -2.21. The standard InChI is InChI=1S/C14H21N3O2/c1-3-10-5-6-17(9-10)13-7-11(12(15)8-16-13)14(18)19-4-2/h7-8,10H,3-6,9,15H2,1-2H3. The van der Waals surface area contributed by atoms with Crippen LogP contribution in [0.3, 0.4) is 0 Å². The lowest BCUT2D eigenvalue weighted by atomic mass is 10.1. The van der Waals surface area contributed by atoms with Crippen molar-refractivity contribution < 1.29 is 9.53 Å². The van der Waals surface area contributed by atoms with E-state index in [-0.39, 0.29) is 5.97 Å². The van der Waals surface area contributed by atoms with Crippen molar-refractivity contribution in [2.24, 2.45) is 5.92 Å². The van der Waals surface area contributed by atoms with Gasteiger partial charge in [0.1, 0.15) is 5.82 Å². The van der Waals surface area contributed by atoms with E-state index in [0.717, 1.165) is 18.9 Å². The van der Waals surface area contributed by atoms with Crippen molar-refractivity contribution in [1.82, 2.24) is 4.98 Å². The summed E-state index contributed by atoms with van der Waals surface area (Å²) in [6, 6.07) is 1.74. The average Bonchev–Trinajstić information content (AvgIpc) is 2.88. The summed E-state index contributed by atoms with van der Waals surface area (Å²) in [5.74, 6) is 1.15. The number of anilines is 2. The van der Waals surface area contributed by atoms with E-state index < -0.39 is 0 Å². The molecule has 1 fully saturated rings. The Kier molecular flexibility index (Phi) is 4.24. The second-order valence-corrected chi connectivity index (χ2v) is 4.86. The van der Waals surface area contributed by atoms with Gasteiger partial charge in [-0.15, -0.1) is 0 Å². The first-order chi connectivity index (χ1) is 9.15. The number of nitrogen functional groups attached to an aromatic ring is 1. The first-order valence-electron chi connectivity index (χ1n) is 6.83. The summed E-state index contributed by atoms with van der Waals surface area (Å²) < 4.78 is 5.00. The van der Waals surface area contributed by atoms with E-state index >= 15 is 0 Å². The fraction of sp³-hybridized carbons (Fsp3) is 0.571. The molecule has 1 atom stereocenters. The minimum atomic E-state index is -0.380. The molecule has 1 aromatic rings. The van der Waals surface area contributed by atoms with E-state index in [2.05, 4.69) is 16.8 Å². The largest absolute Gasteiger partial charge is 0.462 e. The summed E-state index contributed by atoms with van der Waals surface area (Å²) in [6.07, 6.45) is 3.90. The van der Waals surface area contributed by atoms with Crippen molar-refractivity contribution in [2.45, 2.75) is 26.7 Å². The maximum atomic E-state index is 11.8. The summed E-state index contributed by atoms with van der Waals surface area (Å²) in [6.45, 7) is 6.31. The minimum Gasteiger partial charge on any atom is -0.462 e. The van der Waals surface area contributed by atoms with Gasteiger partial charge in [-0.25, -0.2) is 9.78 Å². The fourth-order valence-corrected chi connectivity index (χ4v) is 2.39. The average molecular weight is 263 g/mol. The molecule has 1 unspecified atom stereocenters. The van der Waals surface area contributed by atoms with E-state index in [9.17, 15) is 4.79 Å². The maximum Gasteiger partial charge on any atom is 0.340 e. The molecular formula is C14H21N3O2. The molecule has 1 aliphatic heterocycles. The maximum absolute atomic E-state index is 11.8. The molecule has 0 saturated carbocycles. The molecule has 5 heteroatoms. The first-order valence-corrected chi connectivity index (χ1v) is 6.83. The minimum absolute atomic E-state index is 0.345. The Morgan fingerprint density at radius 3 is 3.00 bits per heavy atom. The zero-order chi connectivity index (χ0) is 13.8. The Hall–Kier alpha value is -1.78. The van der Waals surface area contributed by atoms with Crippen molar-refractivity contribution in [3.05, 3.63) is 17.8 Å². The second kappa shape index (κ2) is 5.91. The third-order valence-corrected chi connectivity index (χ3v) is 3.60. The van der Waals surface area contributed by atoms with Gasteiger partial charge in [0, 0.05) is 13.1 Å². The lowest BCUT2D eigenvalue weighted by Gasteiger charge is -2.18. The molecule has 0 spiro atoms. The second-order valence-electron chi connectivity index (χ2n) is 4.86. The van der Waals surface area contributed by atoms with Crippen LogP contribution in [0.1, 0.15) is 37.0 Å². The van der Waals surface area contributed by atoms with Crippen LogP contribution in [-0.2, 0) is 4.74 Å². The van der Waals surface area contributed by atoms with Gasteiger partial charge in [0.15, 0.2) is 0 Å². The predicted octanol–water partition coefficient (Wildman–Crippen LogP) is 2.08. The van der Waals surface area contributed by atoms with Gasteiger partial charge in [-0.2, -0.15) is 0 Å². The topological polar surface area (TPSA) is 68.5 Å². The highest BCUT2D eigenvalue weighted by molar-refractivity contribution is 5.95. The molecule has 1 aliphatic rings. The Bertz CT molecular complexity index is 462. The van der Waals surface area contributed by atoms with E-state index in [1.54, 1.807) is 19.2 Å². The van der Waals surface area contributed by atoms with Gasteiger partial charge in [-0.1, -0.05) is 13.3 Å². The van der Waals surface area contributed by atoms with Crippen molar-refractivity contribution in [3.63, 3.8) is 0 Å². The molecule has 0 amide bonds. The monoisotopic (exact) mass is 263 g/mol. The first kappa shape index (κ1) is 13.6. The van der Waals surface area contributed by atoms with Crippen LogP contribution in [0.5, 0.6) is 0 Å². The molecule has 2 rings (SSSR count). The number of esters is 1.